The zero-order chi connectivity index (χ0) is 20.6. The van der Waals surface area contributed by atoms with E-state index in [0.717, 1.165) is 62.9 Å². The number of carbonyl (C=O) groups excluding carboxylic acids is 1. The Kier molecular flexibility index (Phi) is 7.69. The maximum Gasteiger partial charge on any atom is 0.310 e. The first-order chi connectivity index (χ1) is 14.1. The number of esters is 1. The summed E-state index contributed by atoms with van der Waals surface area (Å²) in [6, 6.07) is 4.22. The van der Waals surface area contributed by atoms with E-state index in [1.165, 1.54) is 0 Å². The molecule has 0 aliphatic carbocycles. The predicted molar refractivity (Wildman–Crippen MR) is 115 cm³/mol. The molecule has 1 atom stereocenters. The summed E-state index contributed by atoms with van der Waals surface area (Å²) < 4.78 is 5.20. The zero-order valence-corrected chi connectivity index (χ0v) is 17.9. The molecule has 1 unspecified atom stereocenters. The highest BCUT2D eigenvalue weighted by atomic mass is 16.5. The summed E-state index contributed by atoms with van der Waals surface area (Å²) in [5, 5.41) is 3.42. The number of guanidine groups is 1. The van der Waals surface area contributed by atoms with Gasteiger partial charge in [-0.15, -0.1) is 0 Å². The number of piperidine rings is 1. The minimum atomic E-state index is -0.101. The van der Waals surface area contributed by atoms with Crippen LogP contribution in [0.25, 0.3) is 0 Å². The van der Waals surface area contributed by atoms with Gasteiger partial charge in [0, 0.05) is 59.1 Å². The van der Waals surface area contributed by atoms with Crippen molar-refractivity contribution in [1.29, 1.82) is 0 Å². The summed E-state index contributed by atoms with van der Waals surface area (Å²) in [6.45, 7) is 8.67. The molecule has 2 saturated heterocycles. The van der Waals surface area contributed by atoms with Crippen molar-refractivity contribution in [3.05, 3.63) is 23.9 Å². The quantitative estimate of drug-likeness (QED) is 0.450. The Morgan fingerprint density at radius 3 is 2.72 bits per heavy atom. The Bertz CT molecular complexity index is 685. The van der Waals surface area contributed by atoms with Crippen molar-refractivity contribution in [3.8, 4) is 0 Å². The highest BCUT2D eigenvalue weighted by Gasteiger charge is 2.28. The number of pyridine rings is 1. The van der Waals surface area contributed by atoms with Crippen molar-refractivity contribution >= 4 is 17.7 Å². The molecular formula is C21H34N6O2. The number of nitrogens with one attached hydrogen (secondary N) is 1. The van der Waals surface area contributed by atoms with Crippen LogP contribution in [0.3, 0.4) is 0 Å². The molecule has 0 aromatic carbocycles. The Morgan fingerprint density at radius 2 is 2.07 bits per heavy atom. The molecule has 0 amide bonds. The lowest BCUT2D eigenvalue weighted by atomic mass is 9.98. The van der Waals surface area contributed by atoms with Crippen LogP contribution in [0.4, 0.5) is 5.82 Å². The second-order valence-electron chi connectivity index (χ2n) is 7.75. The standard InChI is InChI=1S/C21H34N6O2/c1-4-29-20(28)18-6-5-9-27(16-18)21(22-2)24-15-17-7-8-19(23-14-17)26-12-10-25(3)11-13-26/h7-8,14,18H,4-6,9-13,15-16H2,1-3H3,(H,22,24). The van der Waals surface area contributed by atoms with Crippen molar-refractivity contribution in [2.45, 2.75) is 26.3 Å². The zero-order valence-electron chi connectivity index (χ0n) is 17.9. The van der Waals surface area contributed by atoms with Crippen molar-refractivity contribution in [2.24, 2.45) is 10.9 Å². The molecule has 2 aliphatic heterocycles. The fourth-order valence-electron chi connectivity index (χ4n) is 3.88. The highest BCUT2D eigenvalue weighted by Crippen LogP contribution is 2.18. The number of anilines is 1. The van der Waals surface area contributed by atoms with Gasteiger partial charge in [-0.05, 0) is 38.4 Å². The number of hydrogen-bond donors (Lipinski definition) is 1. The molecule has 0 radical (unpaired) electrons. The van der Waals surface area contributed by atoms with E-state index in [-0.39, 0.29) is 11.9 Å². The van der Waals surface area contributed by atoms with Crippen LogP contribution in [-0.2, 0) is 16.1 Å². The maximum absolute atomic E-state index is 12.1. The van der Waals surface area contributed by atoms with E-state index < -0.39 is 0 Å². The lowest BCUT2D eigenvalue weighted by molar-refractivity contribution is -0.149. The first-order valence-electron chi connectivity index (χ1n) is 10.6. The van der Waals surface area contributed by atoms with Gasteiger partial charge >= 0.3 is 5.97 Å². The van der Waals surface area contributed by atoms with E-state index in [9.17, 15) is 4.79 Å². The van der Waals surface area contributed by atoms with Gasteiger partial charge < -0.3 is 24.8 Å². The lowest BCUT2D eigenvalue weighted by Gasteiger charge is -2.34. The van der Waals surface area contributed by atoms with Crippen molar-refractivity contribution < 1.29 is 9.53 Å². The number of ether oxygens (including phenoxy) is 1. The third-order valence-corrected chi connectivity index (χ3v) is 5.64. The molecule has 8 heteroatoms. The number of aliphatic imine (C=N–C) groups is 1. The average molecular weight is 403 g/mol. The van der Waals surface area contributed by atoms with Crippen LogP contribution < -0.4 is 10.2 Å². The first kappa shape index (κ1) is 21.4. The van der Waals surface area contributed by atoms with Gasteiger partial charge in [0.15, 0.2) is 5.96 Å². The van der Waals surface area contributed by atoms with Crippen LogP contribution in [0.2, 0.25) is 0 Å². The Labute approximate surface area is 173 Å². The molecule has 160 valence electrons. The first-order valence-corrected chi connectivity index (χ1v) is 10.6. The van der Waals surface area contributed by atoms with E-state index in [4.69, 9.17) is 4.74 Å². The molecule has 8 nitrogen and oxygen atoms in total. The number of nitrogens with zero attached hydrogens (tertiary/aromatic N) is 5. The van der Waals surface area contributed by atoms with E-state index in [1.54, 1.807) is 7.05 Å². The average Bonchev–Trinajstić information content (AvgIpc) is 2.76. The third kappa shape index (κ3) is 5.82. The van der Waals surface area contributed by atoms with Crippen molar-refractivity contribution in [3.63, 3.8) is 0 Å². The number of hydrogen-bond acceptors (Lipinski definition) is 6. The largest absolute Gasteiger partial charge is 0.466 e. The van der Waals surface area contributed by atoms with Crippen molar-refractivity contribution in [1.82, 2.24) is 20.1 Å². The van der Waals surface area contributed by atoms with Crippen LogP contribution in [0.1, 0.15) is 25.3 Å². The van der Waals surface area contributed by atoms with E-state index in [2.05, 4.69) is 49.2 Å². The van der Waals surface area contributed by atoms with Crippen LogP contribution in [-0.4, -0.2) is 86.7 Å². The Balaban J connectivity index is 1.52. The summed E-state index contributed by atoms with van der Waals surface area (Å²) in [4.78, 5) is 28.0. The molecular weight excluding hydrogens is 368 g/mol. The van der Waals surface area contributed by atoms with Crippen LogP contribution in [0.15, 0.2) is 23.3 Å². The smallest absolute Gasteiger partial charge is 0.310 e. The number of likely N-dealkylation sites (tertiary alicyclic amines) is 1. The fraction of sp³-hybridized carbons (Fsp3) is 0.667. The number of likely N-dealkylation sites (N-methyl/N-ethyl adjacent to an activating group) is 1. The number of piperazine rings is 1. The van der Waals surface area contributed by atoms with Crippen LogP contribution >= 0.6 is 0 Å². The monoisotopic (exact) mass is 402 g/mol. The van der Waals surface area contributed by atoms with Gasteiger partial charge in [0.2, 0.25) is 0 Å². The molecule has 2 aliphatic rings. The third-order valence-electron chi connectivity index (χ3n) is 5.64. The number of rotatable bonds is 5. The fourth-order valence-corrected chi connectivity index (χ4v) is 3.88. The maximum atomic E-state index is 12.1. The second kappa shape index (κ2) is 10.4. The summed E-state index contributed by atoms with van der Waals surface area (Å²) in [5.41, 5.74) is 1.11. The highest BCUT2D eigenvalue weighted by molar-refractivity contribution is 5.81. The molecule has 3 heterocycles. The van der Waals surface area contributed by atoms with Crippen molar-refractivity contribution in [2.75, 3.05) is 64.9 Å². The van der Waals surface area contributed by atoms with Gasteiger partial charge in [-0.2, -0.15) is 0 Å². The number of aromatic nitrogens is 1. The van der Waals surface area contributed by atoms with E-state index in [1.807, 2.05) is 13.1 Å². The second-order valence-corrected chi connectivity index (χ2v) is 7.75. The Morgan fingerprint density at radius 1 is 1.28 bits per heavy atom. The molecule has 2 fully saturated rings. The molecule has 1 aromatic rings. The molecule has 0 bridgehead atoms. The molecule has 1 N–H and O–H groups in total. The van der Waals surface area contributed by atoms with Gasteiger partial charge in [-0.1, -0.05) is 6.07 Å². The Hall–Kier alpha value is -2.35. The summed E-state index contributed by atoms with van der Waals surface area (Å²) >= 11 is 0. The van der Waals surface area contributed by atoms with Gasteiger partial charge in [0.05, 0.1) is 12.5 Å². The van der Waals surface area contributed by atoms with Crippen LogP contribution in [0, 0.1) is 5.92 Å². The predicted octanol–water partition coefficient (Wildman–Crippen LogP) is 1.18. The topological polar surface area (TPSA) is 73.3 Å². The summed E-state index contributed by atoms with van der Waals surface area (Å²) in [6.07, 6.45) is 3.78. The minimum absolute atomic E-state index is 0.0770. The molecule has 0 spiro atoms. The molecule has 0 saturated carbocycles. The summed E-state index contributed by atoms with van der Waals surface area (Å²) in [5.74, 6) is 1.69. The molecule has 1 aromatic heterocycles. The normalized spacial score (nSPS) is 21.2. The van der Waals surface area contributed by atoms with Gasteiger partial charge in [0.25, 0.3) is 0 Å². The molecule has 29 heavy (non-hydrogen) atoms. The van der Waals surface area contributed by atoms with Gasteiger partial charge in [-0.25, -0.2) is 4.98 Å². The summed E-state index contributed by atoms with van der Waals surface area (Å²) in [7, 11) is 3.94. The molecule has 3 rings (SSSR count). The van der Waals surface area contributed by atoms with E-state index in [0.29, 0.717) is 19.7 Å². The van der Waals surface area contributed by atoms with Gasteiger partial charge in [-0.3, -0.25) is 9.79 Å². The van der Waals surface area contributed by atoms with E-state index >= 15 is 0 Å². The lowest BCUT2D eigenvalue weighted by Crippen LogP contribution is -2.48. The minimum Gasteiger partial charge on any atom is -0.466 e. The van der Waals surface area contributed by atoms with Crippen LogP contribution in [0.5, 0.6) is 0 Å². The number of carbonyl (C=O) groups is 1. The SMILES string of the molecule is CCOC(=O)C1CCCN(C(=NC)NCc2ccc(N3CCN(C)CC3)nc2)C1. The van der Waals surface area contributed by atoms with Gasteiger partial charge in [0.1, 0.15) is 5.82 Å².